The van der Waals surface area contributed by atoms with Crippen molar-refractivity contribution in [3.05, 3.63) is 30.0 Å². The lowest BCUT2D eigenvalue weighted by Crippen LogP contribution is -1.93. The molecule has 13 heavy (non-hydrogen) atoms. The molecule has 1 heterocycles. The van der Waals surface area contributed by atoms with Crippen molar-refractivity contribution in [2.24, 2.45) is 0 Å². The largest absolute Gasteiger partial charge is 0.480 e. The quantitative estimate of drug-likeness (QED) is 0.688. The SMILES string of the molecule is C=C(C)c1cnc(OC)c(C#N)c1. The molecule has 0 spiro atoms. The van der Waals surface area contributed by atoms with Gasteiger partial charge in [0.25, 0.3) is 0 Å². The molecule has 66 valence electrons. The van der Waals surface area contributed by atoms with Crippen LogP contribution in [0.5, 0.6) is 5.88 Å². The van der Waals surface area contributed by atoms with Gasteiger partial charge in [-0.3, -0.25) is 0 Å². The minimum Gasteiger partial charge on any atom is -0.480 e. The predicted octanol–water partition coefficient (Wildman–Crippen LogP) is 1.99. The molecular weight excluding hydrogens is 164 g/mol. The number of pyridine rings is 1. The van der Waals surface area contributed by atoms with Crippen LogP contribution in [-0.2, 0) is 0 Å². The highest BCUT2D eigenvalue weighted by Crippen LogP contribution is 2.18. The fourth-order valence-electron chi connectivity index (χ4n) is 0.928. The van der Waals surface area contributed by atoms with E-state index in [1.165, 1.54) is 7.11 Å². The molecule has 0 N–H and O–H groups in total. The van der Waals surface area contributed by atoms with Gasteiger partial charge in [-0.1, -0.05) is 6.58 Å². The number of methoxy groups -OCH3 is 1. The molecule has 0 bridgehead atoms. The number of nitriles is 1. The maximum Gasteiger partial charge on any atom is 0.231 e. The van der Waals surface area contributed by atoms with Crippen molar-refractivity contribution in [2.75, 3.05) is 7.11 Å². The lowest BCUT2D eigenvalue weighted by molar-refractivity contribution is 0.396. The second kappa shape index (κ2) is 3.72. The van der Waals surface area contributed by atoms with Gasteiger partial charge in [-0.15, -0.1) is 0 Å². The number of hydrogen-bond donors (Lipinski definition) is 0. The molecule has 0 fully saturated rings. The zero-order valence-electron chi connectivity index (χ0n) is 7.66. The van der Waals surface area contributed by atoms with Gasteiger partial charge in [0.1, 0.15) is 11.6 Å². The van der Waals surface area contributed by atoms with Crippen molar-refractivity contribution in [3.63, 3.8) is 0 Å². The molecule has 0 aromatic carbocycles. The standard InChI is InChI=1S/C10H10N2O/c1-7(2)9-4-8(5-11)10(13-3)12-6-9/h4,6H,1H2,2-3H3. The third-order valence-electron chi connectivity index (χ3n) is 1.66. The van der Waals surface area contributed by atoms with Crippen LogP contribution in [0.1, 0.15) is 18.1 Å². The minimum absolute atomic E-state index is 0.354. The predicted molar refractivity (Wildman–Crippen MR) is 50.2 cm³/mol. The Bertz CT molecular complexity index is 377. The van der Waals surface area contributed by atoms with Crippen molar-refractivity contribution >= 4 is 5.57 Å². The Morgan fingerprint density at radius 2 is 2.38 bits per heavy atom. The number of aromatic nitrogens is 1. The first-order valence-corrected chi connectivity index (χ1v) is 3.79. The molecule has 0 amide bonds. The van der Waals surface area contributed by atoms with Crippen LogP contribution in [-0.4, -0.2) is 12.1 Å². The van der Waals surface area contributed by atoms with Gasteiger partial charge in [-0.05, 0) is 24.1 Å². The molecule has 3 heteroatoms. The third kappa shape index (κ3) is 1.85. The van der Waals surface area contributed by atoms with E-state index >= 15 is 0 Å². The van der Waals surface area contributed by atoms with Gasteiger partial charge in [-0.2, -0.15) is 5.26 Å². The van der Waals surface area contributed by atoms with E-state index in [0.717, 1.165) is 11.1 Å². The van der Waals surface area contributed by atoms with Crippen LogP contribution in [0.15, 0.2) is 18.8 Å². The van der Waals surface area contributed by atoms with Gasteiger partial charge < -0.3 is 4.74 Å². The molecule has 0 radical (unpaired) electrons. The highest BCUT2D eigenvalue weighted by atomic mass is 16.5. The summed E-state index contributed by atoms with van der Waals surface area (Å²) < 4.78 is 4.91. The van der Waals surface area contributed by atoms with E-state index < -0.39 is 0 Å². The maximum atomic E-state index is 8.76. The van der Waals surface area contributed by atoms with Crippen LogP contribution < -0.4 is 4.74 Å². The molecule has 0 aliphatic rings. The van der Waals surface area contributed by atoms with Gasteiger partial charge in [0.15, 0.2) is 0 Å². The van der Waals surface area contributed by atoms with Crippen molar-refractivity contribution in [2.45, 2.75) is 6.92 Å². The van der Waals surface area contributed by atoms with Crippen LogP contribution in [0.3, 0.4) is 0 Å². The van der Waals surface area contributed by atoms with E-state index in [9.17, 15) is 0 Å². The average molecular weight is 174 g/mol. The van der Waals surface area contributed by atoms with Crippen molar-refractivity contribution in [1.82, 2.24) is 4.98 Å². The number of rotatable bonds is 2. The maximum absolute atomic E-state index is 8.76. The Balaban J connectivity index is 3.23. The molecular formula is C10H10N2O. The summed E-state index contributed by atoms with van der Waals surface area (Å²) in [6.45, 7) is 5.63. The molecule has 3 nitrogen and oxygen atoms in total. The summed E-state index contributed by atoms with van der Waals surface area (Å²) in [4.78, 5) is 3.98. The summed E-state index contributed by atoms with van der Waals surface area (Å²) in [6, 6.07) is 3.73. The highest BCUT2D eigenvalue weighted by molar-refractivity contribution is 5.62. The Hall–Kier alpha value is -1.82. The summed E-state index contributed by atoms with van der Waals surface area (Å²) in [6.07, 6.45) is 1.64. The van der Waals surface area contributed by atoms with Crippen molar-refractivity contribution in [1.29, 1.82) is 5.26 Å². The Morgan fingerprint density at radius 1 is 1.69 bits per heavy atom. The van der Waals surface area contributed by atoms with E-state index in [-0.39, 0.29) is 0 Å². The summed E-state index contributed by atoms with van der Waals surface area (Å²) in [5.74, 6) is 0.354. The zero-order valence-corrected chi connectivity index (χ0v) is 7.66. The molecule has 0 atom stereocenters. The fraction of sp³-hybridized carbons (Fsp3) is 0.200. The van der Waals surface area contributed by atoms with Crippen LogP contribution in [0.25, 0.3) is 5.57 Å². The van der Waals surface area contributed by atoms with E-state index in [1.807, 2.05) is 13.0 Å². The summed E-state index contributed by atoms with van der Waals surface area (Å²) in [7, 11) is 1.49. The lowest BCUT2D eigenvalue weighted by atomic mass is 10.1. The Labute approximate surface area is 77.3 Å². The third-order valence-corrected chi connectivity index (χ3v) is 1.66. The van der Waals surface area contributed by atoms with Crippen LogP contribution >= 0.6 is 0 Å². The van der Waals surface area contributed by atoms with Gasteiger partial charge in [-0.25, -0.2) is 4.98 Å². The van der Waals surface area contributed by atoms with Crippen LogP contribution in [0.2, 0.25) is 0 Å². The molecule has 0 saturated carbocycles. The van der Waals surface area contributed by atoms with E-state index in [2.05, 4.69) is 11.6 Å². The summed E-state index contributed by atoms with van der Waals surface area (Å²) in [5.41, 5.74) is 2.17. The van der Waals surface area contributed by atoms with Gasteiger partial charge >= 0.3 is 0 Å². The second-order valence-electron chi connectivity index (χ2n) is 2.67. The topological polar surface area (TPSA) is 45.9 Å². The number of hydrogen-bond acceptors (Lipinski definition) is 3. The van der Waals surface area contributed by atoms with Crippen LogP contribution in [0, 0.1) is 11.3 Å². The Morgan fingerprint density at radius 3 is 2.85 bits per heavy atom. The number of allylic oxidation sites excluding steroid dienone is 1. The molecule has 1 rings (SSSR count). The smallest absolute Gasteiger partial charge is 0.231 e. The monoisotopic (exact) mass is 174 g/mol. The van der Waals surface area contributed by atoms with Crippen LogP contribution in [0.4, 0.5) is 0 Å². The second-order valence-corrected chi connectivity index (χ2v) is 2.67. The van der Waals surface area contributed by atoms with Gasteiger partial charge in [0, 0.05) is 6.20 Å². The first-order valence-electron chi connectivity index (χ1n) is 3.79. The lowest BCUT2D eigenvalue weighted by Gasteiger charge is -2.03. The van der Waals surface area contributed by atoms with E-state index in [1.54, 1.807) is 12.3 Å². The minimum atomic E-state index is 0.354. The van der Waals surface area contributed by atoms with Crippen molar-refractivity contribution < 1.29 is 4.74 Å². The molecule has 0 unspecified atom stereocenters. The molecule has 1 aromatic heterocycles. The normalized spacial score (nSPS) is 9.00. The summed E-state index contributed by atoms with van der Waals surface area (Å²) >= 11 is 0. The average Bonchev–Trinajstić information content (AvgIpc) is 2.16. The fourth-order valence-corrected chi connectivity index (χ4v) is 0.928. The van der Waals surface area contributed by atoms with E-state index in [4.69, 9.17) is 10.00 Å². The molecule has 1 aromatic rings. The first-order chi connectivity index (χ1) is 6.19. The molecule has 0 aliphatic heterocycles. The van der Waals surface area contributed by atoms with Crippen molar-refractivity contribution in [3.8, 4) is 11.9 Å². The number of ether oxygens (including phenoxy) is 1. The van der Waals surface area contributed by atoms with Gasteiger partial charge in [0.05, 0.1) is 7.11 Å². The van der Waals surface area contributed by atoms with Gasteiger partial charge in [0.2, 0.25) is 5.88 Å². The highest BCUT2D eigenvalue weighted by Gasteiger charge is 2.04. The molecule has 0 aliphatic carbocycles. The summed E-state index contributed by atoms with van der Waals surface area (Å²) in [5, 5.41) is 8.76. The molecule has 0 saturated heterocycles. The Kier molecular flexibility index (Phi) is 2.65. The number of nitrogens with zero attached hydrogens (tertiary/aromatic N) is 2. The van der Waals surface area contributed by atoms with E-state index in [0.29, 0.717) is 11.4 Å². The zero-order chi connectivity index (χ0) is 9.84. The first kappa shape index (κ1) is 9.27.